The van der Waals surface area contributed by atoms with Crippen molar-refractivity contribution < 1.29 is 14.9 Å². The van der Waals surface area contributed by atoms with Gasteiger partial charge in [0, 0.05) is 18.7 Å². The van der Waals surface area contributed by atoms with Crippen molar-refractivity contribution in [2.45, 2.75) is 31.0 Å². The van der Waals surface area contributed by atoms with Gasteiger partial charge in [-0.1, -0.05) is 0 Å². The summed E-state index contributed by atoms with van der Waals surface area (Å²) in [6.07, 6.45) is -1.93. The van der Waals surface area contributed by atoms with Crippen molar-refractivity contribution in [2.75, 3.05) is 0 Å². The number of aromatic nitrogens is 2. The summed E-state index contributed by atoms with van der Waals surface area (Å²) in [6, 6.07) is 1.12. The third-order valence-electron chi connectivity index (χ3n) is 2.81. The number of ether oxygens (including phenoxy) is 1. The normalized spacial score (nSPS) is 31.4. The van der Waals surface area contributed by atoms with Crippen LogP contribution in [0, 0.1) is 5.41 Å². The molecule has 8 heteroatoms. The Bertz CT molecular complexity index is 551. The summed E-state index contributed by atoms with van der Waals surface area (Å²) >= 11 is 0. The van der Waals surface area contributed by atoms with E-state index in [1.54, 1.807) is 0 Å². The van der Waals surface area contributed by atoms with Crippen LogP contribution in [0.5, 0.6) is 0 Å². The minimum absolute atomic E-state index is 0.132. The molecule has 0 aliphatic carbocycles. The van der Waals surface area contributed by atoms with E-state index in [9.17, 15) is 19.8 Å². The molecule has 0 radical (unpaired) electrons. The van der Waals surface area contributed by atoms with Gasteiger partial charge in [0.25, 0.3) is 5.56 Å². The Labute approximate surface area is 101 Å². The summed E-state index contributed by atoms with van der Waals surface area (Å²) in [6.45, 7) is 0. The highest BCUT2D eigenvalue weighted by Gasteiger charge is 2.43. The van der Waals surface area contributed by atoms with Gasteiger partial charge in [-0.3, -0.25) is 14.3 Å². The van der Waals surface area contributed by atoms with Crippen LogP contribution in [0.3, 0.4) is 0 Å². The zero-order valence-corrected chi connectivity index (χ0v) is 9.31. The molecule has 1 fully saturated rings. The van der Waals surface area contributed by atoms with E-state index in [4.69, 9.17) is 10.1 Å². The van der Waals surface area contributed by atoms with Crippen molar-refractivity contribution in [3.63, 3.8) is 0 Å². The predicted molar refractivity (Wildman–Crippen MR) is 60.6 cm³/mol. The van der Waals surface area contributed by atoms with E-state index < -0.39 is 35.8 Å². The first kappa shape index (κ1) is 12.7. The molecule has 1 aliphatic heterocycles. The molecule has 1 saturated heterocycles. The Morgan fingerprint density at radius 3 is 2.78 bits per heavy atom. The number of hydrogen-bond donors (Lipinski definition) is 4. The number of hydrogen-bond acceptors (Lipinski definition) is 6. The molecule has 8 nitrogen and oxygen atoms in total. The van der Waals surface area contributed by atoms with Crippen LogP contribution in [0.15, 0.2) is 21.9 Å². The zero-order chi connectivity index (χ0) is 13.3. The average Bonchev–Trinajstić information content (AvgIpc) is 2.58. The number of H-pyrrole nitrogens is 1. The molecule has 2 rings (SSSR count). The fourth-order valence-corrected chi connectivity index (χ4v) is 1.90. The van der Waals surface area contributed by atoms with E-state index in [1.807, 2.05) is 4.98 Å². The summed E-state index contributed by atoms with van der Waals surface area (Å²) in [4.78, 5) is 24.5. The molecule has 98 valence electrons. The van der Waals surface area contributed by atoms with Gasteiger partial charge in [-0.25, -0.2) is 4.79 Å². The molecule has 0 amide bonds. The summed E-state index contributed by atoms with van der Waals surface area (Å²) < 4.78 is 6.32. The van der Waals surface area contributed by atoms with E-state index >= 15 is 0 Å². The lowest BCUT2D eigenvalue weighted by Crippen LogP contribution is -2.37. The second kappa shape index (κ2) is 4.84. The molecular formula is C10H13N3O5. The van der Waals surface area contributed by atoms with Crippen LogP contribution >= 0.6 is 0 Å². The Morgan fingerprint density at radius 1 is 1.44 bits per heavy atom. The highest BCUT2D eigenvalue weighted by molar-refractivity contribution is 5.53. The van der Waals surface area contributed by atoms with E-state index in [-0.39, 0.29) is 6.42 Å². The quantitative estimate of drug-likeness (QED) is 0.473. The van der Waals surface area contributed by atoms with Crippen LogP contribution in [-0.4, -0.2) is 44.3 Å². The Balaban J connectivity index is 2.31. The van der Waals surface area contributed by atoms with Crippen molar-refractivity contribution in [1.29, 1.82) is 5.41 Å². The largest absolute Gasteiger partial charge is 0.388 e. The van der Waals surface area contributed by atoms with Crippen LogP contribution < -0.4 is 11.2 Å². The van der Waals surface area contributed by atoms with Crippen molar-refractivity contribution in [1.82, 2.24) is 9.55 Å². The van der Waals surface area contributed by atoms with Gasteiger partial charge >= 0.3 is 5.69 Å². The number of nitrogens with zero attached hydrogens (tertiary/aromatic N) is 1. The van der Waals surface area contributed by atoms with Gasteiger partial charge in [0.15, 0.2) is 6.23 Å². The molecule has 0 aromatic carbocycles. The highest BCUT2D eigenvalue weighted by Crippen LogP contribution is 2.29. The zero-order valence-electron chi connectivity index (χ0n) is 9.31. The third-order valence-corrected chi connectivity index (χ3v) is 2.81. The first-order valence-electron chi connectivity index (χ1n) is 5.36. The Morgan fingerprint density at radius 2 is 2.17 bits per heavy atom. The van der Waals surface area contributed by atoms with Gasteiger partial charge in [-0.05, 0) is 6.21 Å². The first-order valence-corrected chi connectivity index (χ1v) is 5.36. The van der Waals surface area contributed by atoms with E-state index in [0.717, 1.165) is 16.8 Å². The molecular weight excluding hydrogens is 242 g/mol. The molecule has 0 bridgehead atoms. The lowest BCUT2D eigenvalue weighted by Gasteiger charge is -2.16. The predicted octanol–water partition coefficient (Wildman–Crippen LogP) is -1.80. The van der Waals surface area contributed by atoms with Gasteiger partial charge in [-0.2, -0.15) is 0 Å². The second-order valence-electron chi connectivity index (χ2n) is 4.00. The van der Waals surface area contributed by atoms with Crippen LogP contribution in [-0.2, 0) is 4.74 Å². The summed E-state index contributed by atoms with van der Waals surface area (Å²) in [5, 5.41) is 26.5. The number of nitrogens with one attached hydrogen (secondary N) is 2. The molecule has 18 heavy (non-hydrogen) atoms. The number of aliphatic hydroxyl groups is 2. The third kappa shape index (κ3) is 2.13. The molecule has 1 aromatic rings. The van der Waals surface area contributed by atoms with Crippen LogP contribution in [0.2, 0.25) is 0 Å². The van der Waals surface area contributed by atoms with Crippen molar-refractivity contribution in [2.24, 2.45) is 0 Å². The topological polar surface area (TPSA) is 128 Å². The van der Waals surface area contributed by atoms with Gasteiger partial charge in [0.1, 0.15) is 12.2 Å². The van der Waals surface area contributed by atoms with Crippen molar-refractivity contribution >= 4 is 6.21 Å². The standard InChI is InChI=1S/C10H13N3O5/c11-3-1-5-7(15)8(16)9(18-5)13-4-2-6(14)12-10(13)17/h2-5,7-9,11,15-16H,1H2,(H,12,14,17). The molecule has 2 heterocycles. The minimum atomic E-state index is -1.29. The lowest BCUT2D eigenvalue weighted by molar-refractivity contribution is -0.0375. The summed E-state index contributed by atoms with van der Waals surface area (Å²) in [5.74, 6) is 0. The number of aromatic amines is 1. The molecule has 0 spiro atoms. The molecule has 4 N–H and O–H groups in total. The summed E-state index contributed by atoms with van der Waals surface area (Å²) in [5.41, 5.74) is -1.28. The van der Waals surface area contributed by atoms with Gasteiger partial charge in [0.2, 0.25) is 0 Å². The second-order valence-corrected chi connectivity index (χ2v) is 4.00. The van der Waals surface area contributed by atoms with Gasteiger partial charge in [-0.15, -0.1) is 0 Å². The van der Waals surface area contributed by atoms with Crippen LogP contribution in [0.1, 0.15) is 12.6 Å². The van der Waals surface area contributed by atoms with E-state index in [0.29, 0.717) is 0 Å². The maximum Gasteiger partial charge on any atom is 0.330 e. The van der Waals surface area contributed by atoms with E-state index in [2.05, 4.69) is 0 Å². The van der Waals surface area contributed by atoms with E-state index in [1.165, 1.54) is 6.20 Å². The smallest absolute Gasteiger partial charge is 0.330 e. The Kier molecular flexibility index (Phi) is 3.41. The fraction of sp³-hybridized carbons (Fsp3) is 0.500. The van der Waals surface area contributed by atoms with Gasteiger partial charge < -0.3 is 20.4 Å². The highest BCUT2D eigenvalue weighted by atomic mass is 16.6. The average molecular weight is 255 g/mol. The monoisotopic (exact) mass is 255 g/mol. The first-order chi connectivity index (χ1) is 8.54. The number of rotatable bonds is 3. The van der Waals surface area contributed by atoms with Crippen molar-refractivity contribution in [3.05, 3.63) is 33.1 Å². The van der Waals surface area contributed by atoms with Gasteiger partial charge in [0.05, 0.1) is 6.10 Å². The molecule has 1 aromatic heterocycles. The fourth-order valence-electron chi connectivity index (χ4n) is 1.90. The Hall–Kier alpha value is -1.77. The molecule has 0 saturated carbocycles. The lowest BCUT2D eigenvalue weighted by atomic mass is 10.1. The number of aliphatic hydroxyl groups excluding tert-OH is 2. The summed E-state index contributed by atoms with van der Waals surface area (Å²) in [7, 11) is 0. The maximum absolute atomic E-state index is 11.5. The minimum Gasteiger partial charge on any atom is -0.388 e. The van der Waals surface area contributed by atoms with Crippen LogP contribution in [0.25, 0.3) is 0 Å². The van der Waals surface area contributed by atoms with Crippen LogP contribution in [0.4, 0.5) is 0 Å². The SMILES string of the molecule is N=CCC1OC(n2ccc(=O)[nH]c2=O)C(O)C1O. The van der Waals surface area contributed by atoms with Crippen molar-refractivity contribution in [3.8, 4) is 0 Å². The molecule has 4 atom stereocenters. The maximum atomic E-state index is 11.5. The molecule has 1 aliphatic rings. The molecule has 4 unspecified atom stereocenters.